The lowest BCUT2D eigenvalue weighted by atomic mass is 10.1. The van der Waals surface area contributed by atoms with Gasteiger partial charge >= 0.3 is 0 Å². The van der Waals surface area contributed by atoms with Crippen LogP contribution in [0.2, 0.25) is 0 Å². The average Bonchev–Trinajstić information content (AvgIpc) is 2.74. The number of carbonyl (C=O) groups excluding carboxylic acids is 1. The Morgan fingerprint density at radius 2 is 2.26 bits per heavy atom. The van der Waals surface area contributed by atoms with Crippen LogP contribution in [0.3, 0.4) is 0 Å². The predicted octanol–water partition coefficient (Wildman–Crippen LogP) is 3.00. The average molecular weight is 327 g/mol. The number of pyridine rings is 1. The zero-order valence-corrected chi connectivity index (χ0v) is 12.7. The summed E-state index contributed by atoms with van der Waals surface area (Å²) >= 11 is 3.34. The van der Waals surface area contributed by atoms with Gasteiger partial charge in [-0.3, -0.25) is 4.79 Å². The fraction of sp³-hybridized carbons (Fsp3) is 0.385. The second kappa shape index (κ2) is 5.71. The molecule has 0 aliphatic carbocycles. The van der Waals surface area contributed by atoms with Gasteiger partial charge in [0, 0.05) is 24.4 Å². The highest BCUT2D eigenvalue weighted by molar-refractivity contribution is 9.10. The maximum atomic E-state index is 11.8. The van der Waals surface area contributed by atoms with E-state index in [-0.39, 0.29) is 5.78 Å². The molecule has 2 rings (SSSR count). The lowest BCUT2D eigenvalue weighted by molar-refractivity contribution is 0.0901. The minimum atomic E-state index is -0.0253. The molecule has 2 aromatic heterocycles. The van der Waals surface area contributed by atoms with E-state index in [9.17, 15) is 4.79 Å². The van der Waals surface area contributed by atoms with E-state index < -0.39 is 0 Å². The second-order valence-corrected chi connectivity index (χ2v) is 4.85. The molecule has 0 atom stereocenters. The van der Waals surface area contributed by atoms with Crippen LogP contribution in [0.15, 0.2) is 16.9 Å². The zero-order chi connectivity index (χ0) is 14.0. The molecule has 0 amide bonds. The molecule has 0 unspecified atom stereocenters. The number of hydrogen-bond acceptors (Lipinski definition) is 4. The summed E-state index contributed by atoms with van der Waals surface area (Å²) in [5, 5.41) is 0.720. The molecule has 19 heavy (non-hydrogen) atoms. The molecule has 0 spiro atoms. The molecular formula is C13H15BrN2O3. The Balaban J connectivity index is 2.70. The second-order valence-electron chi connectivity index (χ2n) is 4.04. The van der Waals surface area contributed by atoms with Gasteiger partial charge in [-0.25, -0.2) is 4.98 Å². The number of rotatable bonds is 5. The molecule has 0 N–H and O–H groups in total. The summed E-state index contributed by atoms with van der Waals surface area (Å²) in [6, 6.07) is 1.75. The number of carbonyl (C=O) groups is 1. The molecular weight excluding hydrogens is 312 g/mol. The number of ketones is 1. The minimum absolute atomic E-state index is 0.0253. The molecule has 0 saturated heterocycles. The van der Waals surface area contributed by atoms with Gasteiger partial charge < -0.3 is 14.0 Å². The smallest absolute Gasteiger partial charge is 0.162 e. The van der Waals surface area contributed by atoms with Gasteiger partial charge in [0.1, 0.15) is 22.7 Å². The molecule has 0 radical (unpaired) electrons. The van der Waals surface area contributed by atoms with Crippen molar-refractivity contribution in [2.45, 2.75) is 20.6 Å². The number of Topliss-reactive ketones (excluding diaryl/α,β-unsaturated/α-hetero) is 1. The van der Waals surface area contributed by atoms with Crippen LogP contribution in [0, 0.1) is 0 Å². The van der Waals surface area contributed by atoms with E-state index in [0.29, 0.717) is 34.9 Å². The van der Waals surface area contributed by atoms with Gasteiger partial charge in [-0.05, 0) is 29.8 Å². The van der Waals surface area contributed by atoms with E-state index in [1.807, 2.05) is 11.5 Å². The van der Waals surface area contributed by atoms with Gasteiger partial charge in [0.05, 0.1) is 12.5 Å². The molecule has 2 aromatic rings. The van der Waals surface area contributed by atoms with Gasteiger partial charge in [0.2, 0.25) is 0 Å². The topological polar surface area (TPSA) is 53.4 Å². The van der Waals surface area contributed by atoms with E-state index in [1.165, 1.54) is 6.92 Å². The Kier molecular flexibility index (Phi) is 4.21. The molecule has 6 heteroatoms. The maximum Gasteiger partial charge on any atom is 0.162 e. The van der Waals surface area contributed by atoms with E-state index in [2.05, 4.69) is 20.9 Å². The number of methoxy groups -OCH3 is 1. The fourth-order valence-electron chi connectivity index (χ4n) is 1.94. The number of hydrogen-bond donors (Lipinski definition) is 0. The molecule has 0 aromatic carbocycles. The third-order valence-corrected chi connectivity index (χ3v) is 3.20. The van der Waals surface area contributed by atoms with Crippen molar-refractivity contribution in [1.82, 2.24) is 9.55 Å². The molecule has 102 valence electrons. The van der Waals surface area contributed by atoms with Crippen molar-refractivity contribution >= 4 is 32.7 Å². The summed E-state index contributed by atoms with van der Waals surface area (Å²) in [6.45, 7) is 4.40. The van der Waals surface area contributed by atoms with Crippen molar-refractivity contribution in [2.24, 2.45) is 0 Å². The number of aromatic nitrogens is 2. The summed E-state index contributed by atoms with van der Waals surface area (Å²) in [7, 11) is 1.57. The summed E-state index contributed by atoms with van der Waals surface area (Å²) in [6.07, 6.45) is 1.75. The van der Waals surface area contributed by atoms with Crippen molar-refractivity contribution in [3.8, 4) is 5.75 Å². The molecule has 0 bridgehead atoms. The highest BCUT2D eigenvalue weighted by Crippen LogP contribution is 2.32. The highest BCUT2D eigenvalue weighted by Gasteiger charge is 2.18. The number of halogens is 1. The van der Waals surface area contributed by atoms with Crippen LogP contribution in [0.5, 0.6) is 5.75 Å². The van der Waals surface area contributed by atoms with Crippen LogP contribution in [-0.4, -0.2) is 29.1 Å². The summed E-state index contributed by atoms with van der Waals surface area (Å²) in [5.41, 5.74) is 1.26. The van der Waals surface area contributed by atoms with E-state index in [0.717, 1.165) is 5.39 Å². The normalized spacial score (nSPS) is 10.9. The Morgan fingerprint density at radius 3 is 2.84 bits per heavy atom. The maximum absolute atomic E-state index is 11.8. The first kappa shape index (κ1) is 14.0. The molecule has 0 aliphatic rings. The van der Waals surface area contributed by atoms with Crippen LogP contribution in [0.25, 0.3) is 11.0 Å². The Morgan fingerprint density at radius 1 is 1.53 bits per heavy atom. The SMILES string of the molecule is CCOCn1cc(C(C)=O)c2c(OC)cc(Br)nc21. The summed E-state index contributed by atoms with van der Waals surface area (Å²) in [5.74, 6) is 0.597. The Labute approximate surface area is 119 Å². The van der Waals surface area contributed by atoms with Crippen molar-refractivity contribution < 1.29 is 14.3 Å². The lowest BCUT2D eigenvalue weighted by Gasteiger charge is -2.06. The van der Waals surface area contributed by atoms with Crippen LogP contribution in [0.1, 0.15) is 24.2 Å². The number of nitrogens with zero attached hydrogens (tertiary/aromatic N) is 2. The largest absolute Gasteiger partial charge is 0.496 e. The van der Waals surface area contributed by atoms with Crippen molar-refractivity contribution in [3.63, 3.8) is 0 Å². The molecule has 2 heterocycles. The molecule has 0 saturated carbocycles. The van der Waals surface area contributed by atoms with E-state index in [4.69, 9.17) is 9.47 Å². The lowest BCUT2D eigenvalue weighted by Crippen LogP contribution is -2.02. The molecule has 0 aliphatic heterocycles. The van der Waals surface area contributed by atoms with Gasteiger partial charge in [-0.2, -0.15) is 0 Å². The molecule has 5 nitrogen and oxygen atoms in total. The summed E-state index contributed by atoms with van der Waals surface area (Å²) in [4.78, 5) is 16.2. The predicted molar refractivity (Wildman–Crippen MR) is 75.6 cm³/mol. The van der Waals surface area contributed by atoms with Crippen LogP contribution < -0.4 is 4.74 Å². The summed E-state index contributed by atoms with van der Waals surface area (Å²) < 4.78 is 13.2. The van der Waals surface area contributed by atoms with Gasteiger partial charge in [0.15, 0.2) is 5.78 Å². The van der Waals surface area contributed by atoms with Gasteiger partial charge in [0.25, 0.3) is 0 Å². The monoisotopic (exact) mass is 326 g/mol. The van der Waals surface area contributed by atoms with Crippen LogP contribution >= 0.6 is 15.9 Å². The van der Waals surface area contributed by atoms with E-state index in [1.54, 1.807) is 19.4 Å². The van der Waals surface area contributed by atoms with Crippen molar-refractivity contribution in [1.29, 1.82) is 0 Å². The standard InChI is InChI=1S/C13H15BrN2O3/c1-4-19-7-16-6-9(8(2)17)12-10(18-3)5-11(14)15-13(12)16/h5-6H,4,7H2,1-3H3. The number of ether oxygens (including phenoxy) is 2. The van der Waals surface area contributed by atoms with Gasteiger partial charge in [-0.1, -0.05) is 0 Å². The van der Waals surface area contributed by atoms with Crippen molar-refractivity contribution in [2.75, 3.05) is 13.7 Å². The first-order valence-corrected chi connectivity index (χ1v) is 6.69. The quantitative estimate of drug-likeness (QED) is 0.626. The Bertz CT molecular complexity index is 622. The minimum Gasteiger partial charge on any atom is -0.496 e. The Hall–Kier alpha value is -1.40. The van der Waals surface area contributed by atoms with Crippen LogP contribution in [-0.2, 0) is 11.5 Å². The first-order valence-electron chi connectivity index (χ1n) is 5.90. The molecule has 0 fully saturated rings. The van der Waals surface area contributed by atoms with Crippen molar-refractivity contribution in [3.05, 3.63) is 22.4 Å². The van der Waals surface area contributed by atoms with Crippen LogP contribution in [0.4, 0.5) is 0 Å². The highest BCUT2D eigenvalue weighted by atomic mass is 79.9. The van der Waals surface area contributed by atoms with E-state index >= 15 is 0 Å². The number of fused-ring (bicyclic) bond motifs is 1. The third-order valence-electron chi connectivity index (χ3n) is 2.79. The first-order chi connectivity index (χ1) is 9.08. The third kappa shape index (κ3) is 2.64. The fourth-order valence-corrected chi connectivity index (χ4v) is 2.31. The zero-order valence-electron chi connectivity index (χ0n) is 11.1. The van der Waals surface area contributed by atoms with Gasteiger partial charge in [-0.15, -0.1) is 0 Å².